The number of likely N-dealkylation sites (tertiary alicyclic amines) is 1. The zero-order valence-corrected chi connectivity index (χ0v) is 16.8. The fourth-order valence-corrected chi connectivity index (χ4v) is 4.61. The first-order valence-corrected chi connectivity index (χ1v) is 10.2. The monoisotopic (exact) mass is 369 g/mol. The van der Waals surface area contributed by atoms with Crippen molar-refractivity contribution in [3.05, 3.63) is 23.9 Å². The van der Waals surface area contributed by atoms with Gasteiger partial charge in [-0.2, -0.15) is 5.10 Å². The molecule has 2 fully saturated rings. The third kappa shape index (κ3) is 3.81. The molecule has 0 bridgehead atoms. The van der Waals surface area contributed by atoms with Gasteiger partial charge in [-0.25, -0.2) is 0 Å². The lowest BCUT2D eigenvalue weighted by Crippen LogP contribution is -2.49. The van der Waals surface area contributed by atoms with Gasteiger partial charge in [-0.3, -0.25) is 14.4 Å². The van der Waals surface area contributed by atoms with Crippen LogP contribution in [-0.2, 0) is 11.8 Å². The maximum absolute atomic E-state index is 11.5. The highest BCUT2D eigenvalue weighted by Gasteiger charge is 2.25. The summed E-state index contributed by atoms with van der Waals surface area (Å²) in [4.78, 5) is 18.6. The van der Waals surface area contributed by atoms with E-state index in [1.165, 1.54) is 23.1 Å². The largest absolute Gasteiger partial charge is 0.369 e. The van der Waals surface area contributed by atoms with E-state index in [1.807, 2.05) is 16.6 Å². The van der Waals surface area contributed by atoms with Crippen molar-refractivity contribution in [1.29, 1.82) is 0 Å². The molecule has 0 aliphatic carbocycles. The molecule has 27 heavy (non-hydrogen) atoms. The van der Waals surface area contributed by atoms with Gasteiger partial charge in [0, 0.05) is 70.9 Å². The molecule has 0 atom stereocenters. The first-order chi connectivity index (χ1) is 13.0. The zero-order chi connectivity index (χ0) is 19.0. The van der Waals surface area contributed by atoms with Crippen molar-refractivity contribution in [3.8, 4) is 0 Å². The van der Waals surface area contributed by atoms with Crippen LogP contribution in [0.15, 0.2) is 18.2 Å². The summed E-state index contributed by atoms with van der Waals surface area (Å²) in [5.41, 5.74) is 3.62. The van der Waals surface area contributed by atoms with Gasteiger partial charge < -0.3 is 9.80 Å². The molecule has 0 spiro atoms. The number of fused-ring (bicyclic) bond motifs is 1. The average Bonchev–Trinajstić information content (AvgIpc) is 2.96. The fraction of sp³-hybridized carbons (Fsp3) is 0.619. The summed E-state index contributed by atoms with van der Waals surface area (Å²) < 4.78 is 1.98. The van der Waals surface area contributed by atoms with Crippen LogP contribution in [0.25, 0.3) is 10.9 Å². The number of benzene rings is 1. The van der Waals surface area contributed by atoms with Crippen LogP contribution in [0.4, 0.5) is 5.69 Å². The second kappa shape index (κ2) is 7.50. The highest BCUT2D eigenvalue weighted by atomic mass is 16.2. The standard InChI is InChI=1S/C21H31N5O/c1-16-20-5-4-19(14-21(20)23(3)22-16)26-12-10-24(11-13-26)15-18-6-8-25(9-7-18)17(2)27/h4-5,14,18H,6-13,15H2,1-3H3. The molecule has 2 aliphatic rings. The van der Waals surface area contributed by atoms with E-state index in [4.69, 9.17) is 0 Å². The normalized spacial score (nSPS) is 19.8. The van der Waals surface area contributed by atoms with Crippen LogP contribution in [0.3, 0.4) is 0 Å². The Morgan fingerprint density at radius 1 is 1.11 bits per heavy atom. The number of rotatable bonds is 3. The smallest absolute Gasteiger partial charge is 0.219 e. The molecule has 2 saturated heterocycles. The molecule has 6 heteroatoms. The number of anilines is 1. The third-order valence-electron chi connectivity index (χ3n) is 6.33. The molecule has 1 aromatic heterocycles. The van der Waals surface area contributed by atoms with Gasteiger partial charge >= 0.3 is 0 Å². The first-order valence-electron chi connectivity index (χ1n) is 10.2. The predicted octanol–water partition coefficient (Wildman–Crippen LogP) is 2.26. The Bertz CT molecular complexity index is 813. The van der Waals surface area contributed by atoms with Crippen LogP contribution in [0.1, 0.15) is 25.5 Å². The van der Waals surface area contributed by atoms with E-state index in [0.29, 0.717) is 0 Å². The average molecular weight is 370 g/mol. The van der Waals surface area contributed by atoms with Crippen molar-refractivity contribution in [2.75, 3.05) is 50.7 Å². The molecule has 2 aliphatic heterocycles. The zero-order valence-electron chi connectivity index (χ0n) is 16.8. The van der Waals surface area contributed by atoms with Gasteiger partial charge in [0.25, 0.3) is 0 Å². The molecule has 3 heterocycles. The van der Waals surface area contributed by atoms with Crippen molar-refractivity contribution in [1.82, 2.24) is 19.6 Å². The van der Waals surface area contributed by atoms with Crippen LogP contribution in [0.2, 0.25) is 0 Å². The molecule has 1 aromatic carbocycles. The van der Waals surface area contributed by atoms with Crippen molar-refractivity contribution in [3.63, 3.8) is 0 Å². The van der Waals surface area contributed by atoms with Gasteiger partial charge in [0.05, 0.1) is 11.2 Å². The third-order valence-corrected chi connectivity index (χ3v) is 6.33. The number of hydrogen-bond donors (Lipinski definition) is 0. The van der Waals surface area contributed by atoms with Gasteiger partial charge in [-0.15, -0.1) is 0 Å². The van der Waals surface area contributed by atoms with E-state index >= 15 is 0 Å². The number of carbonyl (C=O) groups excluding carboxylic acids is 1. The molecule has 4 rings (SSSR count). The number of piperidine rings is 1. The minimum atomic E-state index is 0.225. The molecule has 2 aromatic rings. The summed E-state index contributed by atoms with van der Waals surface area (Å²) in [7, 11) is 2.02. The SMILES string of the molecule is CC(=O)N1CCC(CN2CCN(c3ccc4c(C)nn(C)c4c3)CC2)CC1. The molecular weight excluding hydrogens is 338 g/mol. The Kier molecular flexibility index (Phi) is 5.08. The lowest BCUT2D eigenvalue weighted by atomic mass is 9.96. The van der Waals surface area contributed by atoms with Crippen molar-refractivity contribution in [2.24, 2.45) is 13.0 Å². The van der Waals surface area contributed by atoms with Gasteiger partial charge in [-0.05, 0) is 43.9 Å². The van der Waals surface area contributed by atoms with Crippen molar-refractivity contribution < 1.29 is 4.79 Å². The number of nitrogens with zero attached hydrogens (tertiary/aromatic N) is 5. The molecule has 146 valence electrons. The van der Waals surface area contributed by atoms with E-state index in [0.717, 1.165) is 63.7 Å². The lowest BCUT2D eigenvalue weighted by molar-refractivity contribution is -0.130. The predicted molar refractivity (Wildman–Crippen MR) is 109 cm³/mol. The van der Waals surface area contributed by atoms with Gasteiger partial charge in [0.15, 0.2) is 0 Å². The highest BCUT2D eigenvalue weighted by molar-refractivity contribution is 5.85. The van der Waals surface area contributed by atoms with Crippen LogP contribution < -0.4 is 4.90 Å². The van der Waals surface area contributed by atoms with E-state index in [-0.39, 0.29) is 5.91 Å². The van der Waals surface area contributed by atoms with Crippen LogP contribution >= 0.6 is 0 Å². The summed E-state index contributed by atoms with van der Waals surface area (Å²) in [6, 6.07) is 6.73. The Labute approximate surface area is 161 Å². The summed E-state index contributed by atoms with van der Waals surface area (Å²) in [6.07, 6.45) is 2.30. The van der Waals surface area contributed by atoms with Gasteiger partial charge in [0.1, 0.15) is 0 Å². The molecule has 0 saturated carbocycles. The number of aromatic nitrogens is 2. The second-order valence-corrected chi connectivity index (χ2v) is 8.15. The number of piperazine rings is 1. The first kappa shape index (κ1) is 18.3. The maximum atomic E-state index is 11.5. The molecule has 6 nitrogen and oxygen atoms in total. The Morgan fingerprint density at radius 3 is 2.48 bits per heavy atom. The van der Waals surface area contributed by atoms with E-state index in [1.54, 1.807) is 6.92 Å². The van der Waals surface area contributed by atoms with Crippen LogP contribution in [0.5, 0.6) is 0 Å². The molecule has 0 N–H and O–H groups in total. The molecular formula is C21H31N5O. The Hall–Kier alpha value is -2.08. The quantitative estimate of drug-likeness (QED) is 0.833. The number of amides is 1. The maximum Gasteiger partial charge on any atom is 0.219 e. The van der Waals surface area contributed by atoms with Gasteiger partial charge in [-0.1, -0.05) is 0 Å². The summed E-state index contributed by atoms with van der Waals surface area (Å²) in [5.74, 6) is 0.962. The van der Waals surface area contributed by atoms with Gasteiger partial charge in [0.2, 0.25) is 5.91 Å². The minimum Gasteiger partial charge on any atom is -0.369 e. The van der Waals surface area contributed by atoms with Crippen LogP contribution in [-0.4, -0.2) is 71.3 Å². The van der Waals surface area contributed by atoms with E-state index in [2.05, 4.69) is 40.0 Å². The summed E-state index contributed by atoms with van der Waals surface area (Å²) >= 11 is 0. The molecule has 0 radical (unpaired) electrons. The Morgan fingerprint density at radius 2 is 1.81 bits per heavy atom. The number of hydrogen-bond acceptors (Lipinski definition) is 4. The minimum absolute atomic E-state index is 0.225. The highest BCUT2D eigenvalue weighted by Crippen LogP contribution is 2.25. The molecule has 1 amide bonds. The van der Waals surface area contributed by atoms with E-state index in [9.17, 15) is 4.79 Å². The topological polar surface area (TPSA) is 44.6 Å². The van der Waals surface area contributed by atoms with Crippen molar-refractivity contribution in [2.45, 2.75) is 26.7 Å². The summed E-state index contributed by atoms with van der Waals surface area (Å²) in [6.45, 7) is 11.2. The van der Waals surface area contributed by atoms with Crippen LogP contribution in [0, 0.1) is 12.8 Å². The number of aryl methyl sites for hydroxylation is 2. The molecule has 0 unspecified atom stereocenters. The lowest BCUT2D eigenvalue weighted by Gasteiger charge is -2.39. The second-order valence-electron chi connectivity index (χ2n) is 8.15. The van der Waals surface area contributed by atoms with Crippen molar-refractivity contribution >= 4 is 22.5 Å². The van der Waals surface area contributed by atoms with E-state index < -0.39 is 0 Å². The number of carbonyl (C=O) groups is 1. The Balaban J connectivity index is 1.31. The fourth-order valence-electron chi connectivity index (χ4n) is 4.61. The summed E-state index contributed by atoms with van der Waals surface area (Å²) in [5, 5.41) is 5.78.